The molecule has 66 valence electrons. The summed E-state index contributed by atoms with van der Waals surface area (Å²) in [6, 6.07) is -0.487. The molecular formula is C6H9N3O3. The van der Waals surface area contributed by atoms with Gasteiger partial charge in [0.25, 0.3) is 0 Å². The minimum absolute atomic E-state index is 0.0464. The average molecular weight is 171 g/mol. The van der Waals surface area contributed by atoms with E-state index in [0.29, 0.717) is 0 Å². The third-order valence-corrected chi connectivity index (χ3v) is 1.76. The van der Waals surface area contributed by atoms with Gasteiger partial charge in [0.05, 0.1) is 6.42 Å². The number of carbonyl (C=O) groups is 2. The fourth-order valence-corrected chi connectivity index (χ4v) is 0.917. The number of hydrogen-bond donors (Lipinski definition) is 1. The molecule has 0 saturated carbocycles. The summed E-state index contributed by atoms with van der Waals surface area (Å²) in [6.07, 6.45) is -0.0464. The van der Waals surface area contributed by atoms with E-state index in [0.717, 1.165) is 9.80 Å². The fourth-order valence-electron chi connectivity index (χ4n) is 0.917. The van der Waals surface area contributed by atoms with Gasteiger partial charge < -0.3 is 5.21 Å². The number of hydrogen-bond acceptors (Lipinski definition) is 4. The van der Waals surface area contributed by atoms with Crippen molar-refractivity contribution >= 4 is 17.8 Å². The van der Waals surface area contributed by atoms with Gasteiger partial charge in [-0.3, -0.25) is 14.6 Å². The van der Waals surface area contributed by atoms with Crippen LogP contribution in [0.1, 0.15) is 6.42 Å². The summed E-state index contributed by atoms with van der Waals surface area (Å²) in [6.45, 7) is 0. The predicted octanol–water partition coefficient (Wildman–Crippen LogP) is -0.312. The van der Waals surface area contributed by atoms with E-state index >= 15 is 0 Å². The van der Waals surface area contributed by atoms with Gasteiger partial charge in [0, 0.05) is 14.1 Å². The Labute approximate surface area is 69.0 Å². The van der Waals surface area contributed by atoms with Crippen molar-refractivity contribution in [1.29, 1.82) is 0 Å². The van der Waals surface area contributed by atoms with Gasteiger partial charge >= 0.3 is 6.03 Å². The van der Waals surface area contributed by atoms with Crippen molar-refractivity contribution < 1.29 is 14.8 Å². The Hall–Kier alpha value is -1.59. The number of amidine groups is 1. The van der Waals surface area contributed by atoms with Gasteiger partial charge in [0.1, 0.15) is 0 Å². The van der Waals surface area contributed by atoms with E-state index in [-0.39, 0.29) is 18.2 Å². The first-order valence-electron chi connectivity index (χ1n) is 3.33. The maximum Gasteiger partial charge on any atom is 0.331 e. The molecule has 0 atom stereocenters. The molecule has 0 bridgehead atoms. The number of imide groups is 1. The monoisotopic (exact) mass is 171 g/mol. The van der Waals surface area contributed by atoms with Gasteiger partial charge in [-0.15, -0.1) is 0 Å². The van der Waals surface area contributed by atoms with Crippen LogP contribution in [0.15, 0.2) is 5.16 Å². The average Bonchev–Trinajstić information content (AvgIpc) is 2.08. The second-order valence-electron chi connectivity index (χ2n) is 2.49. The minimum atomic E-state index is -0.487. The Morgan fingerprint density at radius 1 is 1.33 bits per heavy atom. The Kier molecular flexibility index (Phi) is 1.99. The molecule has 6 heteroatoms. The molecule has 1 fully saturated rings. The second kappa shape index (κ2) is 2.80. The Balaban J connectivity index is 2.92. The number of oxime groups is 1. The second-order valence-corrected chi connectivity index (χ2v) is 2.49. The molecule has 0 aromatic rings. The minimum Gasteiger partial charge on any atom is -0.409 e. The maximum atomic E-state index is 11.1. The van der Waals surface area contributed by atoms with Crippen molar-refractivity contribution in [2.75, 3.05) is 14.1 Å². The lowest BCUT2D eigenvalue weighted by molar-refractivity contribution is -0.127. The standard InChI is InChI=1S/C6H9N3O3/c1-8-4(7-12)3-5(10)9(2)6(8)11/h12H,3H2,1-2H3. The Morgan fingerprint density at radius 3 is 2.42 bits per heavy atom. The molecule has 6 nitrogen and oxygen atoms in total. The smallest absolute Gasteiger partial charge is 0.331 e. The van der Waals surface area contributed by atoms with Gasteiger partial charge in [-0.2, -0.15) is 0 Å². The fraction of sp³-hybridized carbons (Fsp3) is 0.500. The lowest BCUT2D eigenvalue weighted by Gasteiger charge is -2.28. The van der Waals surface area contributed by atoms with Gasteiger partial charge in [0.15, 0.2) is 5.84 Å². The topological polar surface area (TPSA) is 73.2 Å². The summed E-state index contributed by atoms with van der Waals surface area (Å²) < 4.78 is 0. The van der Waals surface area contributed by atoms with Crippen LogP contribution >= 0.6 is 0 Å². The van der Waals surface area contributed by atoms with Crippen LogP contribution in [0.3, 0.4) is 0 Å². The SMILES string of the molecule is CN1C(=O)CC(=NO)N(C)C1=O. The number of amides is 3. The molecule has 3 amide bonds. The van der Waals surface area contributed by atoms with Crippen LogP contribution in [0.25, 0.3) is 0 Å². The summed E-state index contributed by atoms with van der Waals surface area (Å²) in [5, 5.41) is 11.2. The molecule has 1 aliphatic heterocycles. The molecule has 1 heterocycles. The van der Waals surface area contributed by atoms with Crippen molar-refractivity contribution in [2.24, 2.45) is 5.16 Å². The van der Waals surface area contributed by atoms with Crippen LogP contribution in [0.4, 0.5) is 4.79 Å². The summed E-state index contributed by atoms with van der Waals surface area (Å²) in [5.41, 5.74) is 0. The van der Waals surface area contributed by atoms with Crippen LogP contribution in [-0.4, -0.2) is 46.9 Å². The summed E-state index contributed by atoms with van der Waals surface area (Å²) >= 11 is 0. The molecule has 0 radical (unpaired) electrons. The first-order chi connectivity index (χ1) is 5.57. The van der Waals surface area contributed by atoms with Gasteiger partial charge in [-0.25, -0.2) is 4.79 Å². The van der Waals surface area contributed by atoms with E-state index < -0.39 is 6.03 Å². The Bertz CT molecular complexity index is 261. The van der Waals surface area contributed by atoms with Crippen LogP contribution in [0.2, 0.25) is 0 Å². The van der Waals surface area contributed by atoms with Crippen LogP contribution in [-0.2, 0) is 4.79 Å². The molecular weight excluding hydrogens is 162 g/mol. The highest BCUT2D eigenvalue weighted by molar-refractivity contribution is 6.15. The first-order valence-corrected chi connectivity index (χ1v) is 3.33. The molecule has 0 unspecified atom stereocenters. The zero-order valence-corrected chi connectivity index (χ0v) is 6.81. The molecule has 0 aromatic carbocycles. The van der Waals surface area contributed by atoms with Crippen molar-refractivity contribution in [3.05, 3.63) is 0 Å². The third kappa shape index (κ3) is 1.11. The summed E-state index contributed by atoms with van der Waals surface area (Å²) in [7, 11) is 2.83. The van der Waals surface area contributed by atoms with Crippen LogP contribution in [0, 0.1) is 0 Å². The highest BCUT2D eigenvalue weighted by Gasteiger charge is 2.31. The van der Waals surface area contributed by atoms with Gasteiger partial charge in [-0.1, -0.05) is 5.16 Å². The number of urea groups is 1. The van der Waals surface area contributed by atoms with E-state index in [1.165, 1.54) is 14.1 Å². The normalized spacial score (nSPS) is 22.3. The molecule has 1 N–H and O–H groups in total. The maximum absolute atomic E-state index is 11.1. The van der Waals surface area contributed by atoms with E-state index in [1.54, 1.807) is 0 Å². The largest absolute Gasteiger partial charge is 0.409 e. The van der Waals surface area contributed by atoms with Gasteiger partial charge in [0.2, 0.25) is 5.91 Å². The Morgan fingerprint density at radius 2 is 1.92 bits per heavy atom. The first kappa shape index (κ1) is 8.51. The third-order valence-electron chi connectivity index (χ3n) is 1.76. The molecule has 0 spiro atoms. The lowest BCUT2D eigenvalue weighted by Crippen LogP contribution is -2.51. The molecule has 12 heavy (non-hydrogen) atoms. The van der Waals surface area contributed by atoms with E-state index in [2.05, 4.69) is 5.16 Å². The van der Waals surface area contributed by atoms with Crippen molar-refractivity contribution in [3.8, 4) is 0 Å². The number of carbonyl (C=O) groups excluding carboxylic acids is 2. The van der Waals surface area contributed by atoms with Crippen molar-refractivity contribution in [2.45, 2.75) is 6.42 Å². The quantitative estimate of drug-likeness (QED) is 0.401. The highest BCUT2D eigenvalue weighted by Crippen LogP contribution is 2.08. The molecule has 1 rings (SSSR count). The lowest BCUT2D eigenvalue weighted by atomic mass is 10.3. The highest BCUT2D eigenvalue weighted by atomic mass is 16.4. The molecule has 0 aliphatic carbocycles. The predicted molar refractivity (Wildman–Crippen MR) is 39.8 cm³/mol. The van der Waals surface area contributed by atoms with Crippen LogP contribution < -0.4 is 0 Å². The zero-order chi connectivity index (χ0) is 9.30. The number of rotatable bonds is 0. The van der Waals surface area contributed by atoms with E-state index in [1.807, 2.05) is 0 Å². The van der Waals surface area contributed by atoms with E-state index in [4.69, 9.17) is 5.21 Å². The van der Waals surface area contributed by atoms with Gasteiger partial charge in [-0.05, 0) is 0 Å². The van der Waals surface area contributed by atoms with Crippen molar-refractivity contribution in [3.63, 3.8) is 0 Å². The summed E-state index contributed by atoms with van der Waals surface area (Å²) in [5.74, 6) is -0.297. The zero-order valence-electron chi connectivity index (χ0n) is 6.81. The van der Waals surface area contributed by atoms with E-state index in [9.17, 15) is 9.59 Å². The summed E-state index contributed by atoms with van der Waals surface area (Å²) in [4.78, 5) is 24.3. The van der Waals surface area contributed by atoms with Crippen molar-refractivity contribution in [1.82, 2.24) is 9.80 Å². The molecule has 0 aromatic heterocycles. The molecule has 1 saturated heterocycles. The molecule has 1 aliphatic rings. The number of nitrogens with zero attached hydrogens (tertiary/aromatic N) is 3. The van der Waals surface area contributed by atoms with Crippen LogP contribution in [0.5, 0.6) is 0 Å².